The lowest BCUT2D eigenvalue weighted by Crippen LogP contribution is -2.34. The Balaban J connectivity index is 2.16. The zero-order chi connectivity index (χ0) is 16.2. The van der Waals surface area contributed by atoms with E-state index in [9.17, 15) is 8.42 Å². The molecule has 1 aliphatic rings. The molecule has 1 aromatic rings. The number of nitrogens with zero attached hydrogens (tertiary/aromatic N) is 4. The average molecular weight is 326 g/mol. The summed E-state index contributed by atoms with van der Waals surface area (Å²) in [6, 6.07) is 1.86. The maximum atomic E-state index is 11.7. The highest BCUT2D eigenvalue weighted by Crippen LogP contribution is 2.22. The Morgan fingerprint density at radius 1 is 1.27 bits per heavy atom. The van der Waals surface area contributed by atoms with Crippen LogP contribution >= 0.6 is 0 Å². The molecule has 1 aromatic heterocycles. The van der Waals surface area contributed by atoms with E-state index in [1.165, 1.54) is 0 Å². The molecular weight excluding hydrogens is 300 g/mol. The third-order valence-corrected chi connectivity index (χ3v) is 5.77. The van der Waals surface area contributed by atoms with Gasteiger partial charge in [0.25, 0.3) is 0 Å². The molecule has 22 heavy (non-hydrogen) atoms. The fourth-order valence-corrected chi connectivity index (χ4v) is 4.58. The maximum Gasteiger partial charge on any atom is 0.227 e. The van der Waals surface area contributed by atoms with Crippen LogP contribution in [0.15, 0.2) is 12.3 Å². The second kappa shape index (κ2) is 7.26. The van der Waals surface area contributed by atoms with Crippen molar-refractivity contribution in [2.45, 2.75) is 39.2 Å². The molecule has 124 valence electrons. The predicted molar refractivity (Wildman–Crippen MR) is 90.3 cm³/mol. The number of hydrogen-bond acceptors (Lipinski definition) is 6. The summed E-state index contributed by atoms with van der Waals surface area (Å²) in [5, 5.41) is 0. The standard InChI is InChI=1S/C15H26N4O2S/c1-4-9-19(10-5-2)15-16-8-6-14(17-15)18(3)13-7-11-22(20,21)12-13/h6,8,13H,4-5,7,9-12H2,1-3H3. The molecule has 2 heterocycles. The number of rotatable bonds is 7. The molecule has 2 rings (SSSR count). The van der Waals surface area contributed by atoms with Gasteiger partial charge in [0.1, 0.15) is 5.82 Å². The molecule has 6 nitrogen and oxygen atoms in total. The number of sulfone groups is 1. The summed E-state index contributed by atoms with van der Waals surface area (Å²) in [6.07, 6.45) is 4.52. The summed E-state index contributed by atoms with van der Waals surface area (Å²) >= 11 is 0. The summed E-state index contributed by atoms with van der Waals surface area (Å²) in [6.45, 7) is 6.14. The van der Waals surface area contributed by atoms with E-state index >= 15 is 0 Å². The molecule has 0 aromatic carbocycles. The van der Waals surface area contributed by atoms with Crippen LogP contribution in [0.4, 0.5) is 11.8 Å². The Morgan fingerprint density at radius 3 is 2.50 bits per heavy atom. The first kappa shape index (κ1) is 17.0. The Kier molecular flexibility index (Phi) is 5.61. The molecule has 0 N–H and O–H groups in total. The van der Waals surface area contributed by atoms with Crippen molar-refractivity contribution in [2.24, 2.45) is 0 Å². The van der Waals surface area contributed by atoms with Gasteiger partial charge >= 0.3 is 0 Å². The average Bonchev–Trinajstić information content (AvgIpc) is 2.86. The highest BCUT2D eigenvalue weighted by atomic mass is 32.2. The lowest BCUT2D eigenvalue weighted by Gasteiger charge is -2.27. The highest BCUT2D eigenvalue weighted by Gasteiger charge is 2.31. The minimum absolute atomic E-state index is 0.0125. The van der Waals surface area contributed by atoms with Crippen LogP contribution in [0.5, 0.6) is 0 Å². The highest BCUT2D eigenvalue weighted by molar-refractivity contribution is 7.91. The van der Waals surface area contributed by atoms with E-state index in [1.54, 1.807) is 6.20 Å². The van der Waals surface area contributed by atoms with Gasteiger partial charge in [-0.1, -0.05) is 13.8 Å². The van der Waals surface area contributed by atoms with Crippen LogP contribution in [0.3, 0.4) is 0 Å². The van der Waals surface area contributed by atoms with Crippen molar-refractivity contribution in [1.82, 2.24) is 9.97 Å². The van der Waals surface area contributed by atoms with Gasteiger partial charge in [0, 0.05) is 32.4 Å². The van der Waals surface area contributed by atoms with E-state index in [4.69, 9.17) is 0 Å². The first-order valence-electron chi connectivity index (χ1n) is 7.98. The van der Waals surface area contributed by atoms with Gasteiger partial charge in [0.2, 0.25) is 5.95 Å². The smallest absolute Gasteiger partial charge is 0.227 e. The second-order valence-electron chi connectivity index (χ2n) is 5.87. The second-order valence-corrected chi connectivity index (χ2v) is 8.10. The zero-order valence-electron chi connectivity index (χ0n) is 13.7. The molecule has 1 fully saturated rings. The van der Waals surface area contributed by atoms with Crippen molar-refractivity contribution < 1.29 is 8.42 Å². The van der Waals surface area contributed by atoms with Crippen LogP contribution < -0.4 is 9.80 Å². The number of aromatic nitrogens is 2. The van der Waals surface area contributed by atoms with Crippen LogP contribution in [0.25, 0.3) is 0 Å². The first-order chi connectivity index (χ1) is 10.5. The van der Waals surface area contributed by atoms with Gasteiger partial charge in [-0.2, -0.15) is 4.98 Å². The number of hydrogen-bond donors (Lipinski definition) is 0. The molecular formula is C15H26N4O2S. The summed E-state index contributed by atoms with van der Waals surface area (Å²) in [7, 11) is -0.969. The molecule has 0 radical (unpaired) electrons. The monoisotopic (exact) mass is 326 g/mol. The van der Waals surface area contributed by atoms with Crippen LogP contribution in [0.2, 0.25) is 0 Å². The van der Waals surface area contributed by atoms with E-state index in [0.717, 1.165) is 37.7 Å². The Morgan fingerprint density at radius 2 is 1.95 bits per heavy atom. The lowest BCUT2D eigenvalue weighted by molar-refractivity contribution is 0.600. The van der Waals surface area contributed by atoms with Crippen LogP contribution in [-0.2, 0) is 9.84 Å². The zero-order valence-corrected chi connectivity index (χ0v) is 14.5. The third-order valence-electron chi connectivity index (χ3n) is 4.02. The first-order valence-corrected chi connectivity index (χ1v) is 9.80. The summed E-state index contributed by atoms with van der Waals surface area (Å²) < 4.78 is 23.3. The van der Waals surface area contributed by atoms with E-state index in [2.05, 4.69) is 28.7 Å². The SMILES string of the molecule is CCCN(CCC)c1nccc(N(C)C2CCS(=O)(=O)C2)n1. The summed E-state index contributed by atoms with van der Waals surface area (Å²) in [4.78, 5) is 13.2. The molecule has 0 aliphatic carbocycles. The van der Waals surface area contributed by atoms with Crippen LogP contribution in [0.1, 0.15) is 33.1 Å². The lowest BCUT2D eigenvalue weighted by atomic mass is 10.2. The molecule has 1 unspecified atom stereocenters. The normalized spacial score (nSPS) is 20.0. The molecule has 1 saturated heterocycles. The molecule has 1 atom stereocenters. The molecule has 0 saturated carbocycles. The molecule has 0 spiro atoms. The summed E-state index contributed by atoms with van der Waals surface area (Å²) in [5.41, 5.74) is 0. The van der Waals surface area contributed by atoms with Crippen LogP contribution in [-0.4, -0.2) is 56.1 Å². The van der Waals surface area contributed by atoms with Crippen molar-refractivity contribution in [3.8, 4) is 0 Å². The van der Waals surface area contributed by atoms with E-state index in [0.29, 0.717) is 6.42 Å². The molecule has 1 aliphatic heterocycles. The molecule has 0 bridgehead atoms. The molecule has 0 amide bonds. The summed E-state index contributed by atoms with van der Waals surface area (Å²) in [5.74, 6) is 2.02. The Bertz CT molecular complexity index is 585. The quantitative estimate of drug-likeness (QED) is 0.760. The topological polar surface area (TPSA) is 66.4 Å². The molecule has 7 heteroatoms. The van der Waals surface area contributed by atoms with E-state index < -0.39 is 9.84 Å². The van der Waals surface area contributed by atoms with Gasteiger partial charge in [-0.3, -0.25) is 0 Å². The number of anilines is 2. The van der Waals surface area contributed by atoms with Crippen molar-refractivity contribution in [1.29, 1.82) is 0 Å². The van der Waals surface area contributed by atoms with Gasteiger partial charge in [-0.05, 0) is 25.3 Å². The fraction of sp³-hybridized carbons (Fsp3) is 0.733. The largest absolute Gasteiger partial charge is 0.355 e. The minimum atomic E-state index is -2.89. The Hall–Kier alpha value is -1.37. The fourth-order valence-electron chi connectivity index (χ4n) is 2.81. The van der Waals surface area contributed by atoms with Gasteiger partial charge < -0.3 is 9.80 Å². The van der Waals surface area contributed by atoms with Gasteiger partial charge in [0.05, 0.1) is 11.5 Å². The third kappa shape index (κ3) is 4.09. The van der Waals surface area contributed by atoms with E-state index in [1.807, 2.05) is 18.0 Å². The Labute approximate surface area is 133 Å². The van der Waals surface area contributed by atoms with Gasteiger partial charge in [-0.25, -0.2) is 13.4 Å². The van der Waals surface area contributed by atoms with E-state index in [-0.39, 0.29) is 17.5 Å². The van der Waals surface area contributed by atoms with Crippen molar-refractivity contribution >= 4 is 21.6 Å². The van der Waals surface area contributed by atoms with Gasteiger partial charge in [0.15, 0.2) is 9.84 Å². The maximum absolute atomic E-state index is 11.7. The predicted octanol–water partition coefficient (Wildman–Crippen LogP) is 1.73. The van der Waals surface area contributed by atoms with Crippen molar-refractivity contribution in [3.05, 3.63) is 12.3 Å². The minimum Gasteiger partial charge on any atom is -0.355 e. The van der Waals surface area contributed by atoms with Crippen LogP contribution in [0, 0.1) is 0 Å². The van der Waals surface area contributed by atoms with Crippen molar-refractivity contribution in [2.75, 3.05) is 41.4 Å². The van der Waals surface area contributed by atoms with Gasteiger partial charge in [-0.15, -0.1) is 0 Å². The van der Waals surface area contributed by atoms with Crippen molar-refractivity contribution in [3.63, 3.8) is 0 Å².